The van der Waals surface area contributed by atoms with Crippen LogP contribution in [-0.4, -0.2) is 68.0 Å². The molecule has 1 aromatic heterocycles. The second-order valence-electron chi connectivity index (χ2n) is 11.8. The van der Waals surface area contributed by atoms with Crippen molar-refractivity contribution in [3.05, 3.63) is 140 Å². The van der Waals surface area contributed by atoms with Gasteiger partial charge in [-0.2, -0.15) is 5.26 Å². The molecule has 5 rings (SSSR count). The highest BCUT2D eigenvalue weighted by Gasteiger charge is 2.23. The molecule has 0 aliphatic heterocycles. The summed E-state index contributed by atoms with van der Waals surface area (Å²) >= 11 is 1.09. The lowest BCUT2D eigenvalue weighted by molar-refractivity contribution is -0.146. The van der Waals surface area contributed by atoms with Crippen LogP contribution in [0.4, 0.5) is 0 Å². The summed E-state index contributed by atoms with van der Waals surface area (Å²) in [5.41, 5.74) is 0.980. The first-order valence-electron chi connectivity index (χ1n) is 17.8. The molecule has 5 aromatic rings. The Morgan fingerprint density at radius 3 is 1.23 bits per heavy atom. The van der Waals surface area contributed by atoms with Gasteiger partial charge in [0.15, 0.2) is 34.5 Å². The summed E-state index contributed by atoms with van der Waals surface area (Å²) in [6.07, 6.45) is 3.71. The Bertz CT molecular complexity index is 2500. The second-order valence-corrected chi connectivity index (χ2v) is 12.8. The zero-order valence-corrected chi connectivity index (χ0v) is 33.5. The van der Waals surface area contributed by atoms with Crippen LogP contribution in [0.3, 0.4) is 0 Å². The zero-order chi connectivity index (χ0) is 45.3. The van der Waals surface area contributed by atoms with Gasteiger partial charge in [-0.1, -0.05) is 97.9 Å². The van der Waals surface area contributed by atoms with E-state index in [1.54, 1.807) is 24.3 Å². The molecule has 0 amide bonds. The van der Waals surface area contributed by atoms with E-state index in [-0.39, 0.29) is 115 Å². The van der Waals surface area contributed by atoms with Crippen molar-refractivity contribution in [1.29, 1.82) is 5.26 Å². The summed E-state index contributed by atoms with van der Waals surface area (Å²) in [5.74, 6) is -5.10. The summed E-state index contributed by atoms with van der Waals surface area (Å²) in [6, 6.07) is 19.1. The number of nitriles is 1. The van der Waals surface area contributed by atoms with Gasteiger partial charge in [-0.15, -0.1) is 11.3 Å². The highest BCUT2D eigenvalue weighted by Crippen LogP contribution is 2.41. The largest absolute Gasteiger partial charge is 0.453 e. The van der Waals surface area contributed by atoms with Gasteiger partial charge in [-0.25, -0.2) is 33.8 Å². The van der Waals surface area contributed by atoms with Crippen molar-refractivity contribution in [2.45, 2.75) is 59.4 Å². The van der Waals surface area contributed by atoms with E-state index in [0.29, 0.717) is 16.1 Å². The van der Waals surface area contributed by atoms with Gasteiger partial charge < -0.3 is 47.4 Å². The maximum Gasteiger partial charge on any atom is 0.343 e. The molecule has 1 heterocycles. The van der Waals surface area contributed by atoms with E-state index in [1.807, 2.05) is 6.07 Å². The van der Waals surface area contributed by atoms with Crippen LogP contribution in [0, 0.1) is 11.3 Å². The lowest BCUT2D eigenvalue weighted by Crippen LogP contribution is -2.13. The molecule has 19 heteroatoms. The van der Waals surface area contributed by atoms with E-state index in [1.165, 1.54) is 48.5 Å². The van der Waals surface area contributed by atoms with Gasteiger partial charge in [0.2, 0.25) is 27.2 Å². The van der Waals surface area contributed by atoms with Crippen molar-refractivity contribution < 1.29 is 76.1 Å². The molecule has 0 fully saturated rings. The molecule has 0 aliphatic rings. The fourth-order valence-electron chi connectivity index (χ4n) is 4.83. The standard InChI is InChI=1S/C44H32N2O16S.8CH4/c1-5-36(47)57-22-53-30-15-13-28(19-34(30)55-24-59-38(49)7-3)43(51)61-32-17-18-33(41-40(32)46-42(63-41)27-11-9-26(21-45)10-12-27)62-44(52)29-14-16-31(54-23-58-37(48)6-2)35(20-29)56-25-60-39(50)8-4;;;;;;;;/h5-20H,1-4,22-25H2;8*1H4. The number of hydrogen-bond donors (Lipinski definition) is 0. The highest BCUT2D eigenvalue weighted by molar-refractivity contribution is 7.22. The van der Waals surface area contributed by atoms with Gasteiger partial charge in [-0.3, -0.25) is 0 Å². The Hall–Kier alpha value is -8.76. The first-order valence-corrected chi connectivity index (χ1v) is 18.6. The average molecular weight is 1010 g/mol. The number of nitrogens with zero attached hydrogens (tertiary/aromatic N) is 2. The topological polar surface area (TPSA) is 231 Å². The van der Waals surface area contributed by atoms with Gasteiger partial charge in [0, 0.05) is 29.9 Å². The fraction of sp³-hybridized carbons (Fsp3) is 0.231. The van der Waals surface area contributed by atoms with Crippen molar-refractivity contribution in [1.82, 2.24) is 4.98 Å². The van der Waals surface area contributed by atoms with E-state index in [9.17, 15) is 34.0 Å². The first-order chi connectivity index (χ1) is 30.5. The number of thiazole rings is 1. The predicted octanol–water partition coefficient (Wildman–Crippen LogP) is 11.6. The molecule has 71 heavy (non-hydrogen) atoms. The van der Waals surface area contributed by atoms with Crippen molar-refractivity contribution in [3.8, 4) is 51.1 Å². The minimum absolute atomic E-state index is 0. The van der Waals surface area contributed by atoms with E-state index in [2.05, 4.69) is 26.3 Å². The number of hydrogen-bond acceptors (Lipinski definition) is 19. The Morgan fingerprint density at radius 1 is 0.493 bits per heavy atom. The Kier molecular flexibility index (Phi) is 32.6. The minimum Gasteiger partial charge on any atom is -0.453 e. The highest BCUT2D eigenvalue weighted by atomic mass is 32.1. The van der Waals surface area contributed by atoms with Crippen molar-refractivity contribution in [3.63, 3.8) is 0 Å². The van der Waals surface area contributed by atoms with Crippen molar-refractivity contribution >= 4 is 57.4 Å². The first kappa shape index (κ1) is 68.8. The normalized spacial score (nSPS) is 9.00. The van der Waals surface area contributed by atoms with Crippen LogP contribution in [0.1, 0.15) is 85.7 Å². The molecule has 0 aliphatic carbocycles. The van der Waals surface area contributed by atoms with Crippen molar-refractivity contribution in [2.75, 3.05) is 27.2 Å². The van der Waals surface area contributed by atoms with Crippen LogP contribution < -0.4 is 28.4 Å². The Balaban J connectivity index is -0.00000281. The quantitative estimate of drug-likeness (QED) is 0.0219. The number of aromatic nitrogens is 1. The number of rotatable bonds is 21. The summed E-state index contributed by atoms with van der Waals surface area (Å²) in [6.45, 7) is 10.9. The van der Waals surface area contributed by atoms with Gasteiger partial charge in [0.05, 0.1) is 22.8 Å². The number of esters is 6. The predicted molar refractivity (Wildman–Crippen MR) is 274 cm³/mol. The molecular weight excluding hydrogens is 941 g/mol. The average Bonchev–Trinajstić information content (AvgIpc) is 3.76. The fourth-order valence-corrected chi connectivity index (χ4v) is 5.86. The van der Waals surface area contributed by atoms with E-state index < -0.39 is 63.0 Å². The molecule has 0 radical (unpaired) electrons. The molecule has 0 atom stereocenters. The SMILES string of the molecule is C.C.C.C.C.C.C.C.C=CC(=O)OCOc1ccc(C(=O)Oc2ccc(OC(=O)c3ccc(OCOC(=O)C=C)c(OCOC(=O)C=C)c3)c3sc(-c4ccc(C#N)cc4)nc23)cc1OCOC(=O)C=C. The number of fused-ring (bicyclic) bond motifs is 1. The zero-order valence-electron chi connectivity index (χ0n) is 32.7. The molecule has 0 bridgehead atoms. The van der Waals surface area contributed by atoms with Crippen LogP contribution in [0.15, 0.2) is 123 Å². The number of benzene rings is 4. The van der Waals surface area contributed by atoms with E-state index >= 15 is 0 Å². The van der Waals surface area contributed by atoms with E-state index in [0.717, 1.165) is 35.6 Å². The lowest BCUT2D eigenvalue weighted by Gasteiger charge is -2.14. The third-order valence-electron chi connectivity index (χ3n) is 7.82. The Labute approximate surface area is 420 Å². The minimum atomic E-state index is -0.903. The maximum atomic E-state index is 13.7. The van der Waals surface area contributed by atoms with Crippen LogP contribution >= 0.6 is 11.3 Å². The van der Waals surface area contributed by atoms with Gasteiger partial charge in [-0.05, 0) is 60.7 Å². The molecule has 384 valence electrons. The van der Waals surface area contributed by atoms with Gasteiger partial charge in [0.25, 0.3) is 0 Å². The molecular formula is C52H64N2O16S. The lowest BCUT2D eigenvalue weighted by atomic mass is 10.1. The molecule has 18 nitrogen and oxygen atoms in total. The molecule has 0 saturated heterocycles. The second kappa shape index (κ2) is 33.7. The van der Waals surface area contributed by atoms with Gasteiger partial charge >= 0.3 is 35.8 Å². The number of carbonyl (C=O) groups excluding carboxylic acids is 6. The van der Waals surface area contributed by atoms with Crippen molar-refractivity contribution in [2.24, 2.45) is 0 Å². The summed E-state index contributed by atoms with van der Waals surface area (Å²) in [5, 5.41) is 9.72. The van der Waals surface area contributed by atoms with Crippen LogP contribution in [-0.2, 0) is 38.1 Å². The molecule has 0 N–H and O–H groups in total. The summed E-state index contributed by atoms with van der Waals surface area (Å²) < 4.78 is 53.3. The van der Waals surface area contributed by atoms with Gasteiger partial charge in [0.1, 0.15) is 15.2 Å². The Morgan fingerprint density at radius 2 is 0.845 bits per heavy atom. The summed E-state index contributed by atoms with van der Waals surface area (Å²) in [4.78, 5) is 78.2. The third-order valence-corrected chi connectivity index (χ3v) is 8.94. The maximum absolute atomic E-state index is 13.7. The summed E-state index contributed by atoms with van der Waals surface area (Å²) in [7, 11) is 0. The number of ether oxygens (including phenoxy) is 10. The van der Waals surface area contributed by atoms with Crippen LogP contribution in [0.5, 0.6) is 34.5 Å². The monoisotopic (exact) mass is 1000 g/mol. The molecule has 0 saturated carbocycles. The van der Waals surface area contributed by atoms with Crippen LogP contribution in [0.25, 0.3) is 20.8 Å². The number of carbonyl (C=O) groups is 6. The molecule has 0 spiro atoms. The molecule has 4 aromatic carbocycles. The third kappa shape index (κ3) is 19.0. The van der Waals surface area contributed by atoms with E-state index in [4.69, 9.17) is 52.4 Å². The molecule has 0 unspecified atom stereocenters. The smallest absolute Gasteiger partial charge is 0.343 e. The van der Waals surface area contributed by atoms with Crippen LogP contribution in [0.2, 0.25) is 0 Å².